The molecule has 0 saturated heterocycles. The van der Waals surface area contributed by atoms with Crippen molar-refractivity contribution in [1.29, 1.82) is 0 Å². The van der Waals surface area contributed by atoms with Gasteiger partial charge in [0.15, 0.2) is 17.0 Å². The molecule has 0 bridgehead atoms. The summed E-state index contributed by atoms with van der Waals surface area (Å²) in [5.41, 5.74) is 0.172. The maximum Gasteiger partial charge on any atom is 0.425 e. The molecule has 0 aliphatic carbocycles. The van der Waals surface area contributed by atoms with Gasteiger partial charge in [0.05, 0.1) is 12.9 Å². The molecule has 1 aromatic carbocycles. The van der Waals surface area contributed by atoms with E-state index in [2.05, 4.69) is 15.0 Å². The SMILES string of the molecule is CC(C)(C)OC(=O)N(C(=O)OC(C)(C)C)c1ncnc2c1ncn2Cc1ccccc1. The number of nitrogens with zero attached hydrogens (tertiary/aromatic N) is 5. The summed E-state index contributed by atoms with van der Waals surface area (Å²) >= 11 is 0. The summed E-state index contributed by atoms with van der Waals surface area (Å²) in [6.45, 7) is 10.8. The number of amides is 2. The van der Waals surface area contributed by atoms with Gasteiger partial charge in [-0.3, -0.25) is 0 Å². The Bertz CT molecular complexity index is 1050. The van der Waals surface area contributed by atoms with Crippen molar-refractivity contribution in [2.24, 2.45) is 0 Å². The van der Waals surface area contributed by atoms with Crippen molar-refractivity contribution in [1.82, 2.24) is 19.5 Å². The van der Waals surface area contributed by atoms with Crippen LogP contribution in [0.5, 0.6) is 0 Å². The highest BCUT2D eigenvalue weighted by Crippen LogP contribution is 2.26. The van der Waals surface area contributed by atoms with E-state index in [4.69, 9.17) is 9.47 Å². The summed E-state index contributed by atoms with van der Waals surface area (Å²) in [5, 5.41) is 0. The summed E-state index contributed by atoms with van der Waals surface area (Å²) in [6, 6.07) is 9.81. The number of carbonyl (C=O) groups excluding carboxylic acids is 2. The molecule has 0 aliphatic rings. The fourth-order valence-electron chi connectivity index (χ4n) is 2.79. The standard InChI is InChI=1S/C22H27N5O4/c1-21(2,3)30-19(28)27(20(29)31-22(4,5)6)18-16-17(23-13-24-18)26(14-25-16)12-15-10-8-7-9-11-15/h7-11,13-14H,12H2,1-6H3. The molecule has 0 N–H and O–H groups in total. The summed E-state index contributed by atoms with van der Waals surface area (Å²) in [4.78, 5) is 39.5. The van der Waals surface area contributed by atoms with Gasteiger partial charge in [0.2, 0.25) is 0 Å². The fraction of sp³-hybridized carbons (Fsp3) is 0.409. The fourth-order valence-corrected chi connectivity index (χ4v) is 2.79. The lowest BCUT2D eigenvalue weighted by Gasteiger charge is -2.28. The lowest BCUT2D eigenvalue weighted by atomic mass is 10.2. The normalized spacial score (nSPS) is 11.9. The van der Waals surface area contributed by atoms with Crippen LogP contribution in [0.3, 0.4) is 0 Å². The zero-order valence-corrected chi connectivity index (χ0v) is 18.6. The molecular formula is C22H27N5O4. The molecule has 0 saturated carbocycles. The Morgan fingerprint density at radius 3 is 2.03 bits per heavy atom. The van der Waals surface area contributed by atoms with Crippen molar-refractivity contribution >= 4 is 29.2 Å². The molecule has 0 aliphatic heterocycles. The first-order chi connectivity index (χ1) is 14.4. The maximum atomic E-state index is 12.9. The van der Waals surface area contributed by atoms with Crippen LogP contribution in [0.15, 0.2) is 43.0 Å². The first kappa shape index (κ1) is 22.2. The molecule has 0 spiro atoms. The minimum Gasteiger partial charge on any atom is -0.443 e. The Kier molecular flexibility index (Phi) is 5.97. The van der Waals surface area contributed by atoms with Crippen LogP contribution in [-0.4, -0.2) is 42.9 Å². The number of imide groups is 1. The minimum absolute atomic E-state index is 0.000289. The second-order valence-corrected chi connectivity index (χ2v) is 9.02. The number of fused-ring (bicyclic) bond motifs is 1. The zero-order valence-electron chi connectivity index (χ0n) is 18.6. The van der Waals surface area contributed by atoms with Gasteiger partial charge in [0.1, 0.15) is 17.5 Å². The molecule has 2 amide bonds. The van der Waals surface area contributed by atoms with E-state index in [0.717, 1.165) is 10.5 Å². The quantitative estimate of drug-likeness (QED) is 0.607. The van der Waals surface area contributed by atoms with Gasteiger partial charge < -0.3 is 14.0 Å². The van der Waals surface area contributed by atoms with E-state index in [1.54, 1.807) is 47.9 Å². The van der Waals surface area contributed by atoms with Crippen molar-refractivity contribution in [3.05, 3.63) is 48.5 Å². The Morgan fingerprint density at radius 2 is 1.48 bits per heavy atom. The van der Waals surface area contributed by atoms with Crippen LogP contribution in [0.2, 0.25) is 0 Å². The van der Waals surface area contributed by atoms with Crippen molar-refractivity contribution in [2.75, 3.05) is 4.90 Å². The first-order valence-electron chi connectivity index (χ1n) is 9.90. The molecule has 3 rings (SSSR count). The van der Waals surface area contributed by atoms with Crippen LogP contribution < -0.4 is 4.90 Å². The largest absolute Gasteiger partial charge is 0.443 e. The Labute approximate surface area is 181 Å². The number of hydrogen-bond donors (Lipinski definition) is 0. The summed E-state index contributed by atoms with van der Waals surface area (Å²) in [6.07, 6.45) is 1.07. The van der Waals surface area contributed by atoms with Crippen molar-refractivity contribution in [3.63, 3.8) is 0 Å². The van der Waals surface area contributed by atoms with E-state index in [1.807, 2.05) is 34.9 Å². The average Bonchev–Trinajstić information content (AvgIpc) is 3.03. The third-order valence-electron chi connectivity index (χ3n) is 3.94. The van der Waals surface area contributed by atoms with Gasteiger partial charge in [-0.1, -0.05) is 30.3 Å². The summed E-state index contributed by atoms with van der Waals surface area (Å²) < 4.78 is 12.7. The number of anilines is 1. The lowest BCUT2D eigenvalue weighted by Crippen LogP contribution is -2.44. The van der Waals surface area contributed by atoms with Crippen LogP contribution in [0.1, 0.15) is 47.1 Å². The van der Waals surface area contributed by atoms with E-state index in [0.29, 0.717) is 12.2 Å². The lowest BCUT2D eigenvalue weighted by molar-refractivity contribution is 0.0429. The van der Waals surface area contributed by atoms with Gasteiger partial charge in [-0.25, -0.2) is 24.5 Å². The molecule has 0 unspecified atom stereocenters. The number of ether oxygens (including phenoxy) is 2. The smallest absolute Gasteiger partial charge is 0.425 e. The molecular weight excluding hydrogens is 398 g/mol. The third kappa shape index (κ3) is 5.56. The van der Waals surface area contributed by atoms with Gasteiger partial charge >= 0.3 is 12.2 Å². The van der Waals surface area contributed by atoms with E-state index in [-0.39, 0.29) is 11.3 Å². The molecule has 0 fully saturated rings. The predicted octanol–water partition coefficient (Wildman–Crippen LogP) is 4.55. The Morgan fingerprint density at radius 1 is 0.903 bits per heavy atom. The number of benzene rings is 1. The Hall–Kier alpha value is -3.49. The topological polar surface area (TPSA) is 99.4 Å². The third-order valence-corrected chi connectivity index (χ3v) is 3.94. The van der Waals surface area contributed by atoms with Crippen LogP contribution in [0.4, 0.5) is 15.4 Å². The van der Waals surface area contributed by atoms with Gasteiger partial charge in [0, 0.05) is 0 Å². The van der Waals surface area contributed by atoms with Crippen LogP contribution in [0.25, 0.3) is 11.2 Å². The first-order valence-corrected chi connectivity index (χ1v) is 9.90. The van der Waals surface area contributed by atoms with Crippen molar-refractivity contribution in [3.8, 4) is 0 Å². The number of rotatable bonds is 3. The second kappa shape index (κ2) is 8.33. The average molecular weight is 425 g/mol. The Balaban J connectivity index is 2.04. The molecule has 0 atom stereocenters. The minimum atomic E-state index is -0.903. The van der Waals surface area contributed by atoms with Crippen LogP contribution in [0, 0.1) is 0 Å². The predicted molar refractivity (Wildman–Crippen MR) is 116 cm³/mol. The second-order valence-electron chi connectivity index (χ2n) is 9.02. The highest BCUT2D eigenvalue weighted by molar-refractivity contribution is 6.12. The summed E-state index contributed by atoms with van der Waals surface area (Å²) in [7, 11) is 0. The van der Waals surface area contributed by atoms with Crippen molar-refractivity contribution < 1.29 is 19.1 Å². The zero-order chi connectivity index (χ0) is 22.8. The molecule has 9 nitrogen and oxygen atoms in total. The number of carbonyl (C=O) groups is 2. The van der Waals surface area contributed by atoms with Crippen LogP contribution >= 0.6 is 0 Å². The maximum absolute atomic E-state index is 12.9. The highest BCUT2D eigenvalue weighted by atomic mass is 16.6. The van der Waals surface area contributed by atoms with E-state index in [9.17, 15) is 9.59 Å². The summed E-state index contributed by atoms with van der Waals surface area (Å²) in [5.74, 6) is 0.000289. The molecule has 31 heavy (non-hydrogen) atoms. The van der Waals surface area contributed by atoms with Gasteiger partial charge in [-0.05, 0) is 47.1 Å². The molecule has 0 radical (unpaired) electrons. The van der Waals surface area contributed by atoms with Gasteiger partial charge in [-0.2, -0.15) is 4.90 Å². The van der Waals surface area contributed by atoms with E-state index in [1.165, 1.54) is 6.33 Å². The number of imidazole rings is 1. The molecule has 2 heterocycles. The molecule has 164 valence electrons. The van der Waals surface area contributed by atoms with Gasteiger partial charge in [-0.15, -0.1) is 0 Å². The van der Waals surface area contributed by atoms with E-state index < -0.39 is 23.4 Å². The molecule has 3 aromatic rings. The molecule has 2 aromatic heterocycles. The van der Waals surface area contributed by atoms with Crippen LogP contribution in [-0.2, 0) is 16.0 Å². The van der Waals surface area contributed by atoms with Crippen molar-refractivity contribution in [2.45, 2.75) is 59.3 Å². The molecule has 9 heteroatoms. The van der Waals surface area contributed by atoms with Gasteiger partial charge in [0.25, 0.3) is 0 Å². The number of aromatic nitrogens is 4. The highest BCUT2D eigenvalue weighted by Gasteiger charge is 2.35. The monoisotopic (exact) mass is 425 g/mol. The number of hydrogen-bond acceptors (Lipinski definition) is 7. The van der Waals surface area contributed by atoms with E-state index >= 15 is 0 Å².